The molecule has 108 valence electrons. The summed E-state index contributed by atoms with van der Waals surface area (Å²) >= 11 is 0. The van der Waals surface area contributed by atoms with E-state index in [9.17, 15) is 22.8 Å². The van der Waals surface area contributed by atoms with Gasteiger partial charge in [-0.1, -0.05) is 12.2 Å². The largest absolute Gasteiger partial charge is 0.480 e. The highest BCUT2D eigenvalue weighted by molar-refractivity contribution is 5.80. The Kier molecular flexibility index (Phi) is 5.20. The summed E-state index contributed by atoms with van der Waals surface area (Å²) in [5.74, 6) is -1.48. The average molecular weight is 280 g/mol. The molecule has 0 aromatic heterocycles. The third-order valence-corrected chi connectivity index (χ3v) is 2.58. The van der Waals surface area contributed by atoms with E-state index in [0.717, 1.165) is 6.42 Å². The molecule has 1 aliphatic rings. The molecule has 1 atom stereocenters. The fraction of sp³-hybridized carbons (Fsp3) is 0.636. The van der Waals surface area contributed by atoms with E-state index in [2.05, 4.69) is 5.32 Å². The number of rotatable bonds is 4. The topological polar surface area (TPSA) is 69.6 Å². The molecule has 19 heavy (non-hydrogen) atoms. The van der Waals surface area contributed by atoms with E-state index < -0.39 is 31.3 Å². The van der Waals surface area contributed by atoms with Crippen LogP contribution in [0.25, 0.3) is 0 Å². The summed E-state index contributed by atoms with van der Waals surface area (Å²) in [6.07, 6.45) is 1.05. The summed E-state index contributed by atoms with van der Waals surface area (Å²) in [7, 11) is 0. The number of hydrogen-bond donors (Lipinski definition) is 2. The maximum absolute atomic E-state index is 12.3. The number of urea groups is 1. The Hall–Kier alpha value is -1.73. The van der Waals surface area contributed by atoms with Crippen LogP contribution in [-0.4, -0.2) is 47.3 Å². The van der Waals surface area contributed by atoms with Gasteiger partial charge in [0, 0.05) is 6.04 Å². The number of nitrogens with one attached hydrogen (secondary N) is 1. The summed E-state index contributed by atoms with van der Waals surface area (Å²) < 4.78 is 36.8. The van der Waals surface area contributed by atoms with Gasteiger partial charge in [-0.3, -0.25) is 4.79 Å². The van der Waals surface area contributed by atoms with Gasteiger partial charge in [0.25, 0.3) is 0 Å². The quantitative estimate of drug-likeness (QED) is 0.771. The molecule has 2 N–H and O–H groups in total. The van der Waals surface area contributed by atoms with Crippen molar-refractivity contribution >= 4 is 12.0 Å². The Morgan fingerprint density at radius 2 is 2.05 bits per heavy atom. The SMILES string of the molecule is O=C(O)CN(CC(F)(F)F)C(=O)NC1CC=CCC1. The highest BCUT2D eigenvalue weighted by Crippen LogP contribution is 2.17. The summed E-state index contributed by atoms with van der Waals surface area (Å²) in [4.78, 5) is 22.4. The molecular formula is C11H15F3N2O3. The fourth-order valence-electron chi connectivity index (χ4n) is 1.77. The number of alkyl halides is 3. The molecule has 5 nitrogen and oxygen atoms in total. The summed E-state index contributed by atoms with van der Waals surface area (Å²) in [6.45, 7) is -2.55. The molecule has 0 bridgehead atoms. The Morgan fingerprint density at radius 1 is 1.37 bits per heavy atom. The highest BCUT2D eigenvalue weighted by Gasteiger charge is 2.34. The number of carbonyl (C=O) groups is 2. The number of carbonyl (C=O) groups excluding carboxylic acids is 1. The molecule has 0 saturated carbocycles. The molecule has 1 unspecified atom stereocenters. The lowest BCUT2D eigenvalue weighted by Gasteiger charge is -2.26. The van der Waals surface area contributed by atoms with Gasteiger partial charge < -0.3 is 15.3 Å². The van der Waals surface area contributed by atoms with Crippen molar-refractivity contribution in [1.82, 2.24) is 10.2 Å². The zero-order chi connectivity index (χ0) is 14.5. The summed E-state index contributed by atoms with van der Waals surface area (Å²) in [6, 6.07) is -1.25. The van der Waals surface area contributed by atoms with Crippen LogP contribution in [0.3, 0.4) is 0 Å². The van der Waals surface area contributed by atoms with Crippen molar-refractivity contribution in [2.45, 2.75) is 31.5 Å². The molecule has 1 rings (SSSR count). The van der Waals surface area contributed by atoms with Crippen LogP contribution in [0.4, 0.5) is 18.0 Å². The molecule has 0 saturated heterocycles. The van der Waals surface area contributed by atoms with E-state index in [0.29, 0.717) is 12.8 Å². The number of hydrogen-bond acceptors (Lipinski definition) is 2. The predicted molar refractivity (Wildman–Crippen MR) is 60.6 cm³/mol. The normalized spacial score (nSPS) is 19.0. The van der Waals surface area contributed by atoms with Gasteiger partial charge in [-0.25, -0.2) is 4.79 Å². The second-order valence-electron chi connectivity index (χ2n) is 4.30. The van der Waals surface area contributed by atoms with Gasteiger partial charge in [0.15, 0.2) is 0 Å². The van der Waals surface area contributed by atoms with Crippen molar-refractivity contribution in [2.24, 2.45) is 0 Å². The minimum absolute atomic E-state index is 0.248. The molecule has 1 aliphatic carbocycles. The number of carboxylic acid groups (broad SMARTS) is 1. The third-order valence-electron chi connectivity index (χ3n) is 2.58. The average Bonchev–Trinajstić information content (AvgIpc) is 2.27. The van der Waals surface area contributed by atoms with Gasteiger partial charge >= 0.3 is 18.2 Å². The number of halogens is 3. The van der Waals surface area contributed by atoms with Crippen molar-refractivity contribution in [3.05, 3.63) is 12.2 Å². The monoisotopic (exact) mass is 280 g/mol. The summed E-state index contributed by atoms with van der Waals surface area (Å²) in [5.41, 5.74) is 0. The van der Waals surface area contributed by atoms with Gasteiger partial charge in [0.1, 0.15) is 13.1 Å². The molecule has 0 fully saturated rings. The van der Waals surface area contributed by atoms with Crippen LogP contribution in [0.5, 0.6) is 0 Å². The highest BCUT2D eigenvalue weighted by atomic mass is 19.4. The maximum Gasteiger partial charge on any atom is 0.406 e. The minimum Gasteiger partial charge on any atom is -0.480 e. The van der Waals surface area contributed by atoms with Gasteiger partial charge in [0.2, 0.25) is 0 Å². The first-order valence-corrected chi connectivity index (χ1v) is 5.77. The summed E-state index contributed by atoms with van der Waals surface area (Å²) in [5, 5.41) is 11.0. The second kappa shape index (κ2) is 6.44. The van der Waals surface area contributed by atoms with E-state index in [-0.39, 0.29) is 10.9 Å². The van der Waals surface area contributed by atoms with Crippen LogP contribution in [-0.2, 0) is 4.79 Å². The smallest absolute Gasteiger partial charge is 0.406 e. The van der Waals surface area contributed by atoms with Crippen LogP contribution in [0.15, 0.2) is 12.2 Å². The van der Waals surface area contributed by atoms with Gasteiger partial charge in [-0.05, 0) is 19.3 Å². The maximum atomic E-state index is 12.3. The third kappa shape index (κ3) is 6.12. The number of allylic oxidation sites excluding steroid dienone is 1. The zero-order valence-corrected chi connectivity index (χ0v) is 10.1. The van der Waals surface area contributed by atoms with Crippen LogP contribution in [0, 0.1) is 0 Å². The number of aliphatic carboxylic acids is 1. The van der Waals surface area contributed by atoms with Crippen molar-refractivity contribution in [3.8, 4) is 0 Å². The van der Waals surface area contributed by atoms with E-state index in [1.165, 1.54) is 0 Å². The van der Waals surface area contributed by atoms with Crippen LogP contribution in [0.1, 0.15) is 19.3 Å². The van der Waals surface area contributed by atoms with Crippen molar-refractivity contribution < 1.29 is 27.9 Å². The molecule has 0 aromatic carbocycles. The van der Waals surface area contributed by atoms with Gasteiger partial charge in [-0.15, -0.1) is 0 Å². The molecule has 0 radical (unpaired) electrons. The van der Waals surface area contributed by atoms with Crippen molar-refractivity contribution in [2.75, 3.05) is 13.1 Å². The minimum atomic E-state index is -4.63. The van der Waals surface area contributed by atoms with Crippen LogP contribution in [0.2, 0.25) is 0 Å². The number of nitrogens with zero attached hydrogens (tertiary/aromatic N) is 1. The molecule has 8 heteroatoms. The van der Waals surface area contributed by atoms with E-state index in [1.807, 2.05) is 12.2 Å². The molecular weight excluding hydrogens is 265 g/mol. The lowest BCUT2D eigenvalue weighted by molar-refractivity contribution is -0.149. The van der Waals surface area contributed by atoms with Crippen molar-refractivity contribution in [3.63, 3.8) is 0 Å². The predicted octanol–water partition coefficient (Wildman–Crippen LogP) is 1.75. The van der Waals surface area contributed by atoms with E-state index >= 15 is 0 Å². The van der Waals surface area contributed by atoms with E-state index in [1.54, 1.807) is 0 Å². The van der Waals surface area contributed by atoms with Crippen LogP contribution >= 0.6 is 0 Å². The molecule has 0 aromatic rings. The van der Waals surface area contributed by atoms with Gasteiger partial charge in [0.05, 0.1) is 0 Å². The first-order chi connectivity index (χ1) is 8.78. The zero-order valence-electron chi connectivity index (χ0n) is 10.1. The lowest BCUT2D eigenvalue weighted by atomic mass is 10.0. The lowest BCUT2D eigenvalue weighted by Crippen LogP contribution is -2.50. The molecule has 0 aliphatic heterocycles. The molecule has 0 spiro atoms. The van der Waals surface area contributed by atoms with Crippen molar-refractivity contribution in [1.29, 1.82) is 0 Å². The fourth-order valence-corrected chi connectivity index (χ4v) is 1.77. The van der Waals surface area contributed by atoms with Crippen LogP contribution < -0.4 is 5.32 Å². The van der Waals surface area contributed by atoms with E-state index in [4.69, 9.17) is 5.11 Å². The Morgan fingerprint density at radius 3 is 2.53 bits per heavy atom. The number of amides is 2. The second-order valence-corrected chi connectivity index (χ2v) is 4.30. The molecule has 2 amide bonds. The standard InChI is InChI=1S/C11H15F3N2O3/c12-11(13,14)7-16(6-9(17)18)10(19)15-8-4-2-1-3-5-8/h1-2,8H,3-7H2,(H,15,19)(H,17,18). The van der Waals surface area contributed by atoms with Gasteiger partial charge in [-0.2, -0.15) is 13.2 Å². The number of carboxylic acids is 1. The first kappa shape index (κ1) is 15.3. The Bertz CT molecular complexity index is 369. The first-order valence-electron chi connectivity index (χ1n) is 5.77. The Labute approximate surface area is 108 Å². The Balaban J connectivity index is 2.59. The molecule has 0 heterocycles.